The molecule has 6 nitrogen and oxygen atoms in total. The summed E-state index contributed by atoms with van der Waals surface area (Å²) in [5.41, 5.74) is 5.88. The molecule has 0 aliphatic heterocycles. The van der Waals surface area contributed by atoms with E-state index in [0.29, 0.717) is 28.3 Å². The smallest absolute Gasteiger partial charge is 0.277 e. The molecule has 0 bridgehead atoms. The van der Waals surface area contributed by atoms with Crippen LogP contribution in [0.1, 0.15) is 16.6 Å². The molecule has 0 aliphatic carbocycles. The molecule has 0 unspecified atom stereocenters. The third kappa shape index (κ3) is 2.82. The van der Waals surface area contributed by atoms with Crippen LogP contribution in [0.3, 0.4) is 0 Å². The normalized spacial score (nSPS) is 11.0. The summed E-state index contributed by atoms with van der Waals surface area (Å²) >= 11 is 1.42. The number of thiophene rings is 1. The second-order valence-corrected chi connectivity index (χ2v) is 6.81. The van der Waals surface area contributed by atoms with Crippen LogP contribution in [0.4, 0.5) is 5.95 Å². The van der Waals surface area contributed by atoms with Crippen molar-refractivity contribution in [1.82, 2.24) is 15.0 Å². The Morgan fingerprint density at radius 1 is 1.15 bits per heavy atom. The Hall–Kier alpha value is -3.19. The minimum absolute atomic E-state index is 0.142. The third-order valence-electron chi connectivity index (χ3n) is 4.12. The molecule has 0 aliphatic rings. The highest BCUT2D eigenvalue weighted by Gasteiger charge is 2.13. The van der Waals surface area contributed by atoms with E-state index in [4.69, 9.17) is 0 Å². The molecule has 2 heterocycles. The number of hydrogen-bond donors (Lipinski definition) is 2. The molecule has 4 rings (SSSR count). The molecule has 0 atom stereocenters. The van der Waals surface area contributed by atoms with Crippen molar-refractivity contribution in [1.29, 1.82) is 0 Å². The van der Waals surface area contributed by atoms with E-state index < -0.39 is 0 Å². The molecule has 4 aromatic rings. The molecule has 0 spiro atoms. The lowest BCUT2D eigenvalue weighted by molar-refractivity contribution is 0.0966. The van der Waals surface area contributed by atoms with Crippen molar-refractivity contribution in [3.8, 4) is 0 Å². The van der Waals surface area contributed by atoms with Gasteiger partial charge in [-0.25, -0.2) is 4.98 Å². The number of para-hydroxylation sites is 1. The van der Waals surface area contributed by atoms with Gasteiger partial charge in [-0.15, -0.1) is 11.3 Å². The van der Waals surface area contributed by atoms with Crippen LogP contribution in [0.15, 0.2) is 59.4 Å². The number of nitrogens with one attached hydrogen (secondary N) is 2. The maximum absolute atomic E-state index is 12.6. The number of carbonyl (C=O) groups excluding carboxylic acids is 1. The number of nitrogens with zero attached hydrogens (tertiary/aromatic N) is 2. The monoisotopic (exact) mass is 364 g/mol. The van der Waals surface area contributed by atoms with Crippen LogP contribution in [-0.4, -0.2) is 15.5 Å². The van der Waals surface area contributed by atoms with Crippen molar-refractivity contribution in [2.45, 2.75) is 13.5 Å². The van der Waals surface area contributed by atoms with Crippen molar-refractivity contribution in [3.63, 3.8) is 0 Å². The van der Waals surface area contributed by atoms with E-state index >= 15 is 0 Å². The van der Waals surface area contributed by atoms with Crippen molar-refractivity contribution in [3.05, 3.63) is 69.8 Å². The summed E-state index contributed by atoms with van der Waals surface area (Å²) < 4.78 is 2.54. The molecule has 0 radical (unpaired) electrons. The first kappa shape index (κ1) is 16.3. The summed E-state index contributed by atoms with van der Waals surface area (Å²) in [6.07, 6.45) is 0. The van der Waals surface area contributed by atoms with Gasteiger partial charge in [0.25, 0.3) is 11.5 Å². The fraction of sp³-hybridized carbons (Fsp3) is 0.105. The molecule has 2 aromatic heterocycles. The standard InChI is InChI=1S/C19H16N4O2S/c1-2-23-18(25)13-8-4-5-9-14(13)20-19(23)22-21-17(24)16-11-12-7-3-6-10-15(12)26-16/h3-11H,2H2,1H3,(H,20,22)(H,21,24). The quantitative estimate of drug-likeness (QED) is 0.544. The number of benzene rings is 2. The van der Waals surface area contributed by atoms with Gasteiger partial charge in [0.15, 0.2) is 0 Å². The van der Waals surface area contributed by atoms with E-state index in [1.54, 1.807) is 12.1 Å². The summed E-state index contributed by atoms with van der Waals surface area (Å²) in [5, 5.41) is 1.58. The molecule has 26 heavy (non-hydrogen) atoms. The molecular weight excluding hydrogens is 348 g/mol. The number of hydrogen-bond acceptors (Lipinski definition) is 5. The zero-order valence-electron chi connectivity index (χ0n) is 14.0. The third-order valence-corrected chi connectivity index (χ3v) is 5.23. The number of aromatic nitrogens is 2. The first-order valence-corrected chi connectivity index (χ1v) is 9.03. The number of carbonyl (C=O) groups is 1. The highest BCUT2D eigenvalue weighted by atomic mass is 32.1. The molecule has 130 valence electrons. The van der Waals surface area contributed by atoms with Crippen LogP contribution >= 0.6 is 11.3 Å². The number of fused-ring (bicyclic) bond motifs is 2. The summed E-state index contributed by atoms with van der Waals surface area (Å²) in [6.45, 7) is 2.30. The summed E-state index contributed by atoms with van der Waals surface area (Å²) in [4.78, 5) is 30.1. The van der Waals surface area contributed by atoms with E-state index in [9.17, 15) is 9.59 Å². The zero-order valence-corrected chi connectivity index (χ0v) is 14.8. The molecule has 0 saturated heterocycles. The lowest BCUT2D eigenvalue weighted by Crippen LogP contribution is -2.34. The molecular formula is C19H16N4O2S. The average molecular weight is 364 g/mol. The summed E-state index contributed by atoms with van der Waals surface area (Å²) in [6, 6.07) is 16.8. The fourth-order valence-corrected chi connectivity index (χ4v) is 3.78. The second kappa shape index (κ2) is 6.61. The summed E-state index contributed by atoms with van der Waals surface area (Å²) in [7, 11) is 0. The molecule has 0 saturated carbocycles. The Kier molecular flexibility index (Phi) is 4.14. The van der Waals surface area contributed by atoms with Gasteiger partial charge in [0.1, 0.15) is 0 Å². The Labute approximate surface area is 153 Å². The van der Waals surface area contributed by atoms with Crippen molar-refractivity contribution >= 4 is 44.2 Å². The topological polar surface area (TPSA) is 76.0 Å². The SMILES string of the molecule is CCn1c(NNC(=O)c2cc3ccccc3s2)nc2ccccc2c1=O. The Balaban J connectivity index is 1.62. The Morgan fingerprint density at radius 3 is 2.73 bits per heavy atom. The van der Waals surface area contributed by atoms with Gasteiger partial charge < -0.3 is 0 Å². The second-order valence-electron chi connectivity index (χ2n) is 5.73. The van der Waals surface area contributed by atoms with E-state index in [2.05, 4.69) is 15.8 Å². The molecule has 0 fully saturated rings. The zero-order chi connectivity index (χ0) is 18.1. The molecule has 7 heteroatoms. The molecule has 2 N–H and O–H groups in total. The Morgan fingerprint density at radius 2 is 1.92 bits per heavy atom. The number of amides is 1. The predicted octanol–water partition coefficient (Wildman–Crippen LogP) is 3.39. The van der Waals surface area contributed by atoms with Gasteiger partial charge in [-0.05, 0) is 36.6 Å². The molecule has 1 amide bonds. The number of rotatable bonds is 4. The van der Waals surface area contributed by atoms with Crippen LogP contribution in [-0.2, 0) is 6.54 Å². The van der Waals surface area contributed by atoms with Gasteiger partial charge in [-0.2, -0.15) is 0 Å². The largest absolute Gasteiger partial charge is 0.279 e. The van der Waals surface area contributed by atoms with Gasteiger partial charge >= 0.3 is 0 Å². The first-order valence-electron chi connectivity index (χ1n) is 8.22. The van der Waals surface area contributed by atoms with Crippen LogP contribution in [0, 0.1) is 0 Å². The van der Waals surface area contributed by atoms with E-state index in [-0.39, 0.29) is 11.5 Å². The average Bonchev–Trinajstić information content (AvgIpc) is 3.10. The van der Waals surface area contributed by atoms with Crippen molar-refractivity contribution in [2.75, 3.05) is 5.43 Å². The number of hydrazine groups is 1. The molecule has 2 aromatic carbocycles. The van der Waals surface area contributed by atoms with Gasteiger partial charge in [0.05, 0.1) is 15.8 Å². The van der Waals surface area contributed by atoms with Gasteiger partial charge in [-0.3, -0.25) is 25.0 Å². The minimum Gasteiger partial charge on any atom is -0.277 e. The Bertz CT molecular complexity index is 1150. The number of anilines is 1. The van der Waals surface area contributed by atoms with Gasteiger partial charge in [0, 0.05) is 11.2 Å². The van der Waals surface area contributed by atoms with Crippen LogP contribution < -0.4 is 16.4 Å². The first-order chi connectivity index (χ1) is 12.7. The predicted molar refractivity (Wildman–Crippen MR) is 105 cm³/mol. The lowest BCUT2D eigenvalue weighted by atomic mass is 10.2. The van der Waals surface area contributed by atoms with E-state index in [1.165, 1.54) is 15.9 Å². The summed E-state index contributed by atoms with van der Waals surface area (Å²) in [5.74, 6) is 0.0434. The fourth-order valence-electron chi connectivity index (χ4n) is 2.82. The maximum Gasteiger partial charge on any atom is 0.279 e. The van der Waals surface area contributed by atoms with E-state index in [0.717, 1.165) is 10.1 Å². The van der Waals surface area contributed by atoms with Crippen molar-refractivity contribution < 1.29 is 4.79 Å². The van der Waals surface area contributed by atoms with Gasteiger partial charge in [0.2, 0.25) is 5.95 Å². The van der Waals surface area contributed by atoms with Crippen molar-refractivity contribution in [2.24, 2.45) is 0 Å². The van der Waals surface area contributed by atoms with Crippen LogP contribution in [0.2, 0.25) is 0 Å². The van der Waals surface area contributed by atoms with E-state index in [1.807, 2.05) is 49.4 Å². The minimum atomic E-state index is -0.267. The highest BCUT2D eigenvalue weighted by molar-refractivity contribution is 7.20. The van der Waals surface area contributed by atoms with Crippen LogP contribution in [0.25, 0.3) is 21.0 Å². The van der Waals surface area contributed by atoms with Gasteiger partial charge in [-0.1, -0.05) is 30.3 Å². The lowest BCUT2D eigenvalue weighted by Gasteiger charge is -2.13. The maximum atomic E-state index is 12.6. The van der Waals surface area contributed by atoms with Crippen LogP contribution in [0.5, 0.6) is 0 Å². The highest BCUT2D eigenvalue weighted by Crippen LogP contribution is 2.25.